The third-order valence-electron chi connectivity index (χ3n) is 11.8. The maximum absolute atomic E-state index is 12.8. The third-order valence-corrected chi connectivity index (χ3v) is 11.8. The molecule has 0 aromatic carbocycles. The van der Waals surface area contributed by atoms with Crippen LogP contribution in [-0.2, 0) is 28.6 Å². The normalized spacial score (nSPS) is 12.9. The highest BCUT2D eigenvalue weighted by Crippen LogP contribution is 2.15. The number of rotatable bonds is 50. The molecule has 0 heterocycles. The molecule has 69 heavy (non-hydrogen) atoms. The maximum Gasteiger partial charge on any atom is 0.306 e. The lowest BCUT2D eigenvalue weighted by Gasteiger charge is -2.18. The first kappa shape index (κ1) is 65.1. The summed E-state index contributed by atoms with van der Waals surface area (Å²) >= 11 is 0. The fourth-order valence-corrected chi connectivity index (χ4v) is 7.52. The highest BCUT2D eigenvalue weighted by molar-refractivity contribution is 5.71. The predicted molar refractivity (Wildman–Crippen MR) is 297 cm³/mol. The molecule has 0 aromatic rings. The molecular weight excluding hydrogens is 853 g/mol. The topological polar surface area (TPSA) is 78.9 Å². The van der Waals surface area contributed by atoms with Crippen LogP contribution >= 0.6 is 0 Å². The van der Waals surface area contributed by atoms with Gasteiger partial charge in [-0.1, -0.05) is 239 Å². The molecule has 0 aliphatic heterocycles. The van der Waals surface area contributed by atoms with E-state index < -0.39 is 6.10 Å². The first-order valence-electron chi connectivity index (χ1n) is 28.4. The molecule has 0 fully saturated rings. The van der Waals surface area contributed by atoms with Gasteiger partial charge in [0.05, 0.1) is 0 Å². The van der Waals surface area contributed by atoms with E-state index in [1.807, 2.05) is 0 Å². The van der Waals surface area contributed by atoms with Crippen molar-refractivity contribution in [2.45, 2.75) is 258 Å². The lowest BCUT2D eigenvalue weighted by molar-refractivity contribution is -0.167. The summed E-state index contributed by atoms with van der Waals surface area (Å²) in [5, 5.41) is 0. The Bertz CT molecular complexity index is 1420. The second kappa shape index (κ2) is 56.7. The molecule has 6 heteroatoms. The van der Waals surface area contributed by atoms with Crippen molar-refractivity contribution >= 4 is 17.9 Å². The van der Waals surface area contributed by atoms with Gasteiger partial charge in [0, 0.05) is 19.3 Å². The molecule has 0 saturated carbocycles. The van der Waals surface area contributed by atoms with Crippen molar-refractivity contribution in [1.29, 1.82) is 0 Å². The molecule has 1 atom stereocenters. The first-order chi connectivity index (χ1) is 34.0. The van der Waals surface area contributed by atoms with E-state index in [0.29, 0.717) is 19.3 Å². The number of esters is 3. The van der Waals surface area contributed by atoms with Gasteiger partial charge in [0.1, 0.15) is 13.2 Å². The van der Waals surface area contributed by atoms with Crippen molar-refractivity contribution in [2.75, 3.05) is 13.2 Å². The number of hydrogen-bond acceptors (Lipinski definition) is 6. The largest absolute Gasteiger partial charge is 0.462 e. The number of hydrogen-bond donors (Lipinski definition) is 0. The van der Waals surface area contributed by atoms with Gasteiger partial charge in [0.15, 0.2) is 6.10 Å². The van der Waals surface area contributed by atoms with E-state index in [1.54, 1.807) is 0 Å². The summed E-state index contributed by atoms with van der Waals surface area (Å²) in [4.78, 5) is 38.1. The molecule has 392 valence electrons. The number of ether oxygens (including phenoxy) is 3. The molecule has 0 amide bonds. The summed E-state index contributed by atoms with van der Waals surface area (Å²) in [6.07, 6.45) is 76.5. The summed E-state index contributed by atoms with van der Waals surface area (Å²) in [6, 6.07) is 0. The highest BCUT2D eigenvalue weighted by atomic mass is 16.6. The number of unbranched alkanes of at least 4 members (excludes halogenated alkanes) is 21. The van der Waals surface area contributed by atoms with Gasteiger partial charge >= 0.3 is 17.9 Å². The van der Waals surface area contributed by atoms with Crippen molar-refractivity contribution in [1.82, 2.24) is 0 Å². The van der Waals surface area contributed by atoms with Gasteiger partial charge in [-0.05, 0) is 103 Å². The van der Waals surface area contributed by atoms with Crippen molar-refractivity contribution in [3.8, 4) is 0 Å². The van der Waals surface area contributed by atoms with Crippen LogP contribution in [0, 0.1) is 0 Å². The zero-order valence-electron chi connectivity index (χ0n) is 44.8. The van der Waals surface area contributed by atoms with Gasteiger partial charge < -0.3 is 14.2 Å². The minimum absolute atomic E-state index is 0.110. The fourth-order valence-electron chi connectivity index (χ4n) is 7.52. The monoisotopic (exact) mass is 957 g/mol. The average Bonchev–Trinajstić information content (AvgIpc) is 3.35. The summed E-state index contributed by atoms with van der Waals surface area (Å²) in [6.45, 7) is 6.43. The van der Waals surface area contributed by atoms with Crippen LogP contribution in [0.3, 0.4) is 0 Å². The molecule has 0 radical (unpaired) electrons. The van der Waals surface area contributed by atoms with Crippen molar-refractivity contribution in [2.24, 2.45) is 0 Å². The van der Waals surface area contributed by atoms with Gasteiger partial charge in [-0.15, -0.1) is 0 Å². The van der Waals surface area contributed by atoms with Crippen LogP contribution in [-0.4, -0.2) is 37.2 Å². The van der Waals surface area contributed by atoms with Crippen LogP contribution in [0.2, 0.25) is 0 Å². The van der Waals surface area contributed by atoms with Gasteiger partial charge in [0.25, 0.3) is 0 Å². The van der Waals surface area contributed by atoms with E-state index in [-0.39, 0.29) is 37.5 Å². The standard InChI is InChI=1S/C63H104O6/c1-4-7-10-13-16-19-22-25-28-30-31-33-35-38-41-44-47-50-53-56-62(65)68-59-60(58-67-61(64)55-52-49-46-43-40-37-34-27-24-21-18-15-12-9-6-3)69-63(66)57-54-51-48-45-42-39-36-32-29-26-23-20-17-14-11-8-5-2/h7,10,16-17,19-20,25-26,28-29,31,33,36,38-39,41,45,48,60H,4-6,8-9,11-15,18,21-24,27,30,32,34-35,37,40,42-44,46-47,49-59H2,1-3H3/b10-7-,19-16-,20-17-,28-25-,29-26-,33-31-,39-36-,41-38-,48-45-. The van der Waals surface area contributed by atoms with Crippen LogP contribution in [0.25, 0.3) is 0 Å². The second-order valence-corrected chi connectivity index (χ2v) is 18.5. The molecule has 1 unspecified atom stereocenters. The Morgan fingerprint density at radius 1 is 0.304 bits per heavy atom. The number of allylic oxidation sites excluding steroid dienone is 18. The van der Waals surface area contributed by atoms with Gasteiger partial charge in [0.2, 0.25) is 0 Å². The van der Waals surface area contributed by atoms with Crippen LogP contribution in [0.15, 0.2) is 109 Å². The maximum atomic E-state index is 12.8. The lowest BCUT2D eigenvalue weighted by Crippen LogP contribution is -2.30. The lowest BCUT2D eigenvalue weighted by atomic mass is 10.0. The van der Waals surface area contributed by atoms with Gasteiger partial charge in [-0.3, -0.25) is 14.4 Å². The quantitative estimate of drug-likeness (QED) is 0.0262. The molecular formula is C63H104O6. The average molecular weight is 958 g/mol. The van der Waals surface area contributed by atoms with E-state index in [1.165, 1.54) is 103 Å². The summed E-state index contributed by atoms with van der Waals surface area (Å²) < 4.78 is 16.8. The van der Waals surface area contributed by atoms with E-state index in [2.05, 4.69) is 130 Å². The molecule has 0 aliphatic rings. The Morgan fingerprint density at radius 2 is 0.580 bits per heavy atom. The number of carbonyl (C=O) groups excluding carboxylic acids is 3. The first-order valence-corrected chi connectivity index (χ1v) is 28.4. The fraction of sp³-hybridized carbons (Fsp3) is 0.667. The van der Waals surface area contributed by atoms with Gasteiger partial charge in [-0.2, -0.15) is 0 Å². The number of carbonyl (C=O) groups is 3. The molecule has 0 N–H and O–H groups in total. The van der Waals surface area contributed by atoms with Crippen LogP contribution in [0.1, 0.15) is 252 Å². The molecule has 0 saturated heterocycles. The highest BCUT2D eigenvalue weighted by Gasteiger charge is 2.19. The summed E-state index contributed by atoms with van der Waals surface area (Å²) in [5.74, 6) is -0.999. The van der Waals surface area contributed by atoms with Crippen LogP contribution < -0.4 is 0 Å². The Labute approximate surface area is 425 Å². The Morgan fingerprint density at radius 3 is 0.957 bits per heavy atom. The van der Waals surface area contributed by atoms with Crippen LogP contribution in [0.4, 0.5) is 0 Å². The van der Waals surface area contributed by atoms with E-state index >= 15 is 0 Å². The predicted octanol–water partition coefficient (Wildman–Crippen LogP) is 19.1. The van der Waals surface area contributed by atoms with Crippen LogP contribution in [0.5, 0.6) is 0 Å². The minimum Gasteiger partial charge on any atom is -0.462 e. The van der Waals surface area contributed by atoms with Crippen molar-refractivity contribution < 1.29 is 28.6 Å². The SMILES string of the molecule is CC/C=C\C/C=C\C/C=C\C/C=C\C/C=C\CCCCCC(=O)OCC(COC(=O)CCCCCCCCCCCCCCCCC)OC(=O)CCC/C=C\C/C=C\C/C=C\C/C=C\CCCCC. The van der Waals surface area contributed by atoms with E-state index in [9.17, 15) is 14.4 Å². The third kappa shape index (κ3) is 54.9. The zero-order valence-corrected chi connectivity index (χ0v) is 44.8. The summed E-state index contributed by atoms with van der Waals surface area (Å²) in [7, 11) is 0. The zero-order chi connectivity index (χ0) is 50.0. The van der Waals surface area contributed by atoms with E-state index in [4.69, 9.17) is 14.2 Å². The van der Waals surface area contributed by atoms with Crippen molar-refractivity contribution in [3.05, 3.63) is 109 Å². The molecule has 6 nitrogen and oxygen atoms in total. The minimum atomic E-state index is -0.821. The molecule has 0 aliphatic carbocycles. The van der Waals surface area contributed by atoms with Crippen molar-refractivity contribution in [3.63, 3.8) is 0 Å². The van der Waals surface area contributed by atoms with Gasteiger partial charge in [-0.25, -0.2) is 0 Å². The molecule has 0 bridgehead atoms. The second-order valence-electron chi connectivity index (χ2n) is 18.5. The molecule has 0 aromatic heterocycles. The van der Waals surface area contributed by atoms with E-state index in [0.717, 1.165) is 103 Å². The summed E-state index contributed by atoms with van der Waals surface area (Å²) in [5.41, 5.74) is 0. The Balaban J connectivity index is 4.54. The molecule has 0 rings (SSSR count). The Hall–Kier alpha value is -3.93. The molecule has 0 spiro atoms. The smallest absolute Gasteiger partial charge is 0.306 e. The Kier molecular flexibility index (Phi) is 53.4.